The van der Waals surface area contributed by atoms with Crippen LogP contribution in [0.15, 0.2) is 0 Å². The van der Waals surface area contributed by atoms with E-state index in [-0.39, 0.29) is 0 Å². The van der Waals surface area contributed by atoms with Gasteiger partial charge < -0.3 is 30.3 Å². The van der Waals surface area contributed by atoms with Gasteiger partial charge in [0.05, 0.1) is 38.5 Å². The number of nitrogens with one attached hydrogen (secondary N) is 2. The highest BCUT2D eigenvalue weighted by Crippen LogP contribution is 1.96. The van der Waals surface area contributed by atoms with Crippen molar-refractivity contribution in [1.82, 2.24) is 10.6 Å². The molecule has 8 heteroatoms. The summed E-state index contributed by atoms with van der Waals surface area (Å²) in [5, 5.41) is 20.9. The summed E-state index contributed by atoms with van der Waals surface area (Å²) in [6.45, 7) is 3.60. The summed E-state index contributed by atoms with van der Waals surface area (Å²) in [6, 6.07) is 1.29. The van der Waals surface area contributed by atoms with Gasteiger partial charge in [-0.3, -0.25) is 0 Å². The van der Waals surface area contributed by atoms with Gasteiger partial charge in [0, 0.05) is 0 Å². The third kappa shape index (κ3) is 7.96. The molecule has 8 nitrogen and oxygen atoms in total. The smallest absolute Gasteiger partial charge is 0.414 e. The fraction of sp³-hybridized carbons (Fsp3) is 0.800. The van der Waals surface area contributed by atoms with Gasteiger partial charge >= 0.3 is 11.9 Å². The number of likely N-dealkylation sites (N-methyl/N-ethyl adjacent to an activating group) is 2. The van der Waals surface area contributed by atoms with Crippen LogP contribution in [0, 0.1) is 0 Å². The van der Waals surface area contributed by atoms with Crippen molar-refractivity contribution in [3.8, 4) is 0 Å². The molecule has 0 amide bonds. The van der Waals surface area contributed by atoms with E-state index in [2.05, 4.69) is 10.6 Å². The molecule has 2 aliphatic rings. The highest BCUT2D eigenvalue weighted by molar-refractivity contribution is 6.27. The minimum Gasteiger partial charge on any atom is -0.473 e. The molecule has 0 radical (unpaired) electrons. The van der Waals surface area contributed by atoms with E-state index in [1.54, 1.807) is 0 Å². The van der Waals surface area contributed by atoms with E-state index in [0.29, 0.717) is 12.1 Å². The van der Waals surface area contributed by atoms with Gasteiger partial charge in [0.15, 0.2) is 0 Å². The fourth-order valence-corrected chi connectivity index (χ4v) is 0.805. The van der Waals surface area contributed by atoms with Crippen molar-refractivity contribution in [2.24, 2.45) is 0 Å². The lowest BCUT2D eigenvalue weighted by Crippen LogP contribution is -2.43. The molecule has 2 fully saturated rings. The molecule has 18 heavy (non-hydrogen) atoms. The zero-order chi connectivity index (χ0) is 14.0. The number of carboxylic acid groups (broad SMARTS) is 2. The maximum Gasteiger partial charge on any atom is 0.414 e. The number of carboxylic acids is 2. The Bertz CT molecular complexity index is 221. The van der Waals surface area contributed by atoms with Gasteiger partial charge in [-0.2, -0.15) is 0 Å². The van der Waals surface area contributed by atoms with Crippen LogP contribution in [0.3, 0.4) is 0 Å². The molecule has 0 aromatic carbocycles. The molecular formula is C10H20N2O6. The summed E-state index contributed by atoms with van der Waals surface area (Å²) in [7, 11) is 3.90. The Morgan fingerprint density at radius 1 is 0.889 bits per heavy atom. The van der Waals surface area contributed by atoms with E-state index < -0.39 is 11.9 Å². The summed E-state index contributed by atoms with van der Waals surface area (Å²) in [5.74, 6) is -3.65. The number of rotatable bonds is 2. The predicted molar refractivity (Wildman–Crippen MR) is 62.6 cm³/mol. The standard InChI is InChI=1S/2C4H9NO.C2H2O4/c2*1-5-4-2-6-3-4;3-1(4)2(5)6/h2*4-5H,2-3H2,1H3;(H,3,4)(H,5,6). The van der Waals surface area contributed by atoms with Crippen LogP contribution in [-0.4, -0.2) is 74.8 Å². The van der Waals surface area contributed by atoms with Gasteiger partial charge in [0.2, 0.25) is 0 Å². The summed E-state index contributed by atoms with van der Waals surface area (Å²) in [6.07, 6.45) is 0. The Kier molecular flexibility index (Phi) is 9.11. The number of ether oxygens (including phenoxy) is 2. The van der Waals surface area contributed by atoms with Crippen LogP contribution in [-0.2, 0) is 19.1 Å². The van der Waals surface area contributed by atoms with E-state index in [1.807, 2.05) is 14.1 Å². The van der Waals surface area contributed by atoms with Gasteiger partial charge in [-0.1, -0.05) is 0 Å². The number of aliphatic carboxylic acids is 2. The zero-order valence-corrected chi connectivity index (χ0v) is 10.5. The first-order valence-corrected chi connectivity index (χ1v) is 5.47. The van der Waals surface area contributed by atoms with Crippen molar-refractivity contribution in [3.63, 3.8) is 0 Å². The Labute approximate surface area is 105 Å². The maximum atomic E-state index is 9.10. The second-order valence-corrected chi connectivity index (χ2v) is 3.66. The molecule has 0 saturated carbocycles. The Morgan fingerprint density at radius 2 is 1.17 bits per heavy atom. The lowest BCUT2D eigenvalue weighted by atomic mass is 10.3. The van der Waals surface area contributed by atoms with Crippen LogP contribution in [0.4, 0.5) is 0 Å². The number of hydrogen-bond acceptors (Lipinski definition) is 6. The highest BCUT2D eigenvalue weighted by Gasteiger charge is 2.14. The molecule has 0 atom stereocenters. The molecule has 0 spiro atoms. The van der Waals surface area contributed by atoms with Crippen molar-refractivity contribution in [2.75, 3.05) is 40.5 Å². The van der Waals surface area contributed by atoms with Crippen LogP contribution in [0.25, 0.3) is 0 Å². The second-order valence-electron chi connectivity index (χ2n) is 3.66. The van der Waals surface area contributed by atoms with Crippen LogP contribution < -0.4 is 10.6 Å². The maximum absolute atomic E-state index is 9.10. The summed E-state index contributed by atoms with van der Waals surface area (Å²) < 4.78 is 9.73. The quantitative estimate of drug-likeness (QED) is 0.439. The van der Waals surface area contributed by atoms with E-state index in [9.17, 15) is 0 Å². The van der Waals surface area contributed by atoms with E-state index in [0.717, 1.165) is 26.4 Å². The third-order valence-electron chi connectivity index (χ3n) is 2.28. The minimum absolute atomic E-state index is 0.644. The molecule has 106 valence electrons. The molecule has 0 aliphatic carbocycles. The van der Waals surface area contributed by atoms with Crippen molar-refractivity contribution >= 4 is 11.9 Å². The Hall–Kier alpha value is -1.22. The van der Waals surface area contributed by atoms with Gasteiger partial charge in [-0.25, -0.2) is 9.59 Å². The van der Waals surface area contributed by atoms with Crippen molar-refractivity contribution in [1.29, 1.82) is 0 Å². The predicted octanol–water partition coefficient (Wildman–Crippen LogP) is -1.64. The second kappa shape index (κ2) is 9.77. The lowest BCUT2D eigenvalue weighted by Gasteiger charge is -2.24. The Balaban J connectivity index is 0.000000241. The van der Waals surface area contributed by atoms with E-state index in [4.69, 9.17) is 29.3 Å². The topological polar surface area (TPSA) is 117 Å². The molecule has 0 aromatic heterocycles. The fourth-order valence-electron chi connectivity index (χ4n) is 0.805. The molecule has 4 N–H and O–H groups in total. The van der Waals surface area contributed by atoms with Crippen LogP contribution in [0.5, 0.6) is 0 Å². The Morgan fingerprint density at radius 3 is 1.17 bits per heavy atom. The SMILES string of the molecule is CNC1COC1.CNC1COC1.O=C(O)C(=O)O. The molecular weight excluding hydrogens is 244 g/mol. The number of carbonyl (C=O) groups is 2. The summed E-state index contributed by atoms with van der Waals surface area (Å²) >= 11 is 0. The first-order valence-electron chi connectivity index (χ1n) is 5.47. The molecule has 2 rings (SSSR count). The van der Waals surface area contributed by atoms with Crippen LogP contribution >= 0.6 is 0 Å². The molecule has 0 bridgehead atoms. The van der Waals surface area contributed by atoms with Crippen molar-refractivity contribution in [2.45, 2.75) is 12.1 Å². The van der Waals surface area contributed by atoms with Crippen LogP contribution in [0.1, 0.15) is 0 Å². The van der Waals surface area contributed by atoms with Gasteiger partial charge in [-0.15, -0.1) is 0 Å². The van der Waals surface area contributed by atoms with Gasteiger partial charge in [0.25, 0.3) is 0 Å². The lowest BCUT2D eigenvalue weighted by molar-refractivity contribution is -0.159. The average Bonchev–Trinajstić information content (AvgIpc) is 2.15. The first kappa shape index (κ1) is 16.8. The summed E-state index contributed by atoms with van der Waals surface area (Å²) in [5.41, 5.74) is 0. The zero-order valence-electron chi connectivity index (χ0n) is 10.5. The largest absolute Gasteiger partial charge is 0.473 e. The highest BCUT2D eigenvalue weighted by atomic mass is 16.5. The van der Waals surface area contributed by atoms with Gasteiger partial charge in [-0.05, 0) is 14.1 Å². The van der Waals surface area contributed by atoms with Gasteiger partial charge in [0.1, 0.15) is 0 Å². The molecule has 2 aliphatic heterocycles. The van der Waals surface area contributed by atoms with Crippen molar-refractivity contribution < 1.29 is 29.3 Å². The molecule has 0 aromatic rings. The normalized spacial score (nSPS) is 18.1. The van der Waals surface area contributed by atoms with E-state index >= 15 is 0 Å². The van der Waals surface area contributed by atoms with Crippen molar-refractivity contribution in [3.05, 3.63) is 0 Å². The monoisotopic (exact) mass is 264 g/mol. The minimum atomic E-state index is -1.82. The molecule has 2 saturated heterocycles. The molecule has 2 heterocycles. The number of hydrogen-bond donors (Lipinski definition) is 4. The summed E-state index contributed by atoms with van der Waals surface area (Å²) in [4.78, 5) is 18.2. The third-order valence-corrected chi connectivity index (χ3v) is 2.28. The average molecular weight is 264 g/mol. The van der Waals surface area contributed by atoms with E-state index in [1.165, 1.54) is 0 Å². The van der Waals surface area contributed by atoms with Crippen LogP contribution in [0.2, 0.25) is 0 Å². The molecule has 0 unspecified atom stereocenters. The first-order chi connectivity index (χ1) is 8.51.